The summed E-state index contributed by atoms with van der Waals surface area (Å²) in [7, 11) is 0. The van der Waals surface area contributed by atoms with Crippen LogP contribution >= 0.6 is 0 Å². The van der Waals surface area contributed by atoms with E-state index in [2.05, 4.69) is 23.5 Å². The average Bonchev–Trinajstić information content (AvgIpc) is 3.15. The van der Waals surface area contributed by atoms with Crippen LogP contribution < -0.4 is 5.32 Å². The van der Waals surface area contributed by atoms with E-state index in [1.807, 2.05) is 17.0 Å². The molecule has 5 nitrogen and oxygen atoms in total. The fourth-order valence-electron chi connectivity index (χ4n) is 3.89. The van der Waals surface area contributed by atoms with Crippen molar-refractivity contribution in [1.82, 2.24) is 10.2 Å². The second-order valence-corrected chi connectivity index (χ2v) is 6.85. The minimum Gasteiger partial charge on any atom is -0.449 e. The molecule has 0 radical (unpaired) electrons. The van der Waals surface area contributed by atoms with Crippen LogP contribution in [0.5, 0.6) is 0 Å². The first-order valence-electron chi connectivity index (χ1n) is 8.73. The summed E-state index contributed by atoms with van der Waals surface area (Å²) in [5, 5.41) is 2.85. The van der Waals surface area contributed by atoms with E-state index in [4.69, 9.17) is 4.74 Å². The lowest BCUT2D eigenvalue weighted by molar-refractivity contribution is 0.0324. The number of benzene rings is 1. The number of nitrogens with one attached hydrogen (secondary N) is 1. The number of hydrogen-bond acceptors (Lipinski definition) is 3. The number of nitrogens with zero attached hydrogens (tertiary/aromatic N) is 1. The van der Waals surface area contributed by atoms with Crippen molar-refractivity contribution in [2.45, 2.75) is 31.7 Å². The number of carbonyl (C=O) groups is 2. The molecular formula is C19H22N2O3. The highest BCUT2D eigenvalue weighted by Crippen LogP contribution is 2.28. The zero-order chi connectivity index (χ0) is 16.5. The van der Waals surface area contributed by atoms with E-state index in [-0.39, 0.29) is 24.0 Å². The molecular weight excluding hydrogens is 304 g/mol. The van der Waals surface area contributed by atoms with Crippen molar-refractivity contribution in [3.63, 3.8) is 0 Å². The predicted molar refractivity (Wildman–Crippen MR) is 90.6 cm³/mol. The van der Waals surface area contributed by atoms with Gasteiger partial charge in [-0.15, -0.1) is 0 Å². The molecule has 1 aromatic carbocycles. The van der Waals surface area contributed by atoms with Crippen LogP contribution in [0.25, 0.3) is 5.57 Å². The highest BCUT2D eigenvalue weighted by molar-refractivity contribution is 5.94. The molecule has 2 aliphatic heterocycles. The van der Waals surface area contributed by atoms with Crippen molar-refractivity contribution in [2.75, 3.05) is 19.7 Å². The lowest BCUT2D eigenvalue weighted by Gasteiger charge is -2.40. The van der Waals surface area contributed by atoms with Gasteiger partial charge in [-0.2, -0.15) is 0 Å². The van der Waals surface area contributed by atoms with Gasteiger partial charge in [-0.1, -0.05) is 18.2 Å². The molecule has 1 N–H and O–H groups in total. The number of piperidine rings is 1. The molecule has 0 saturated carbocycles. The number of allylic oxidation sites excluding steroid dienone is 2. The number of hydrogen-bond donors (Lipinski definition) is 1. The Morgan fingerprint density at radius 3 is 2.83 bits per heavy atom. The van der Waals surface area contributed by atoms with Crippen LogP contribution in [0, 0.1) is 5.92 Å². The Morgan fingerprint density at radius 2 is 2.08 bits per heavy atom. The first kappa shape index (κ1) is 15.2. The molecule has 2 amide bonds. The second kappa shape index (κ2) is 6.30. The van der Waals surface area contributed by atoms with E-state index in [1.165, 1.54) is 17.6 Å². The molecule has 4 rings (SSSR count). The summed E-state index contributed by atoms with van der Waals surface area (Å²) in [6.07, 6.45) is 6.26. The summed E-state index contributed by atoms with van der Waals surface area (Å²) in [5.74, 6) is 0.251. The van der Waals surface area contributed by atoms with Crippen LogP contribution in [0.3, 0.4) is 0 Å². The van der Waals surface area contributed by atoms with E-state index < -0.39 is 0 Å². The number of cyclic esters (lactones) is 1. The van der Waals surface area contributed by atoms with Crippen molar-refractivity contribution < 1.29 is 14.3 Å². The van der Waals surface area contributed by atoms with Crippen LogP contribution in [0.2, 0.25) is 0 Å². The molecule has 126 valence electrons. The number of alkyl carbamates (subject to hydrolysis) is 1. The van der Waals surface area contributed by atoms with Gasteiger partial charge in [-0.25, -0.2) is 4.79 Å². The number of ether oxygens (including phenoxy) is 1. The Morgan fingerprint density at radius 1 is 1.25 bits per heavy atom. The Hall–Kier alpha value is -2.30. The maximum absolute atomic E-state index is 12.8. The van der Waals surface area contributed by atoms with Gasteiger partial charge in [0.25, 0.3) is 5.91 Å². The topological polar surface area (TPSA) is 58.6 Å². The van der Waals surface area contributed by atoms with E-state index in [0.29, 0.717) is 19.7 Å². The molecule has 1 aliphatic carbocycles. The SMILES string of the molecule is O=C1N[C@H]2CCN(C(=O)c3ccc(C4=CCCC4)cc3)C[C@@H]2CO1. The van der Waals surface area contributed by atoms with Crippen molar-refractivity contribution >= 4 is 17.6 Å². The lowest BCUT2D eigenvalue weighted by atomic mass is 9.91. The third-order valence-electron chi connectivity index (χ3n) is 5.30. The van der Waals surface area contributed by atoms with Crippen LogP contribution in [0.4, 0.5) is 4.79 Å². The molecule has 0 aromatic heterocycles. The number of carbonyl (C=O) groups excluding carboxylic acids is 2. The summed E-state index contributed by atoms with van der Waals surface area (Å²) >= 11 is 0. The van der Waals surface area contributed by atoms with Gasteiger partial charge < -0.3 is 15.0 Å². The van der Waals surface area contributed by atoms with Crippen molar-refractivity contribution in [3.8, 4) is 0 Å². The first-order valence-corrected chi connectivity index (χ1v) is 8.73. The summed E-state index contributed by atoms with van der Waals surface area (Å²) in [6, 6.07) is 8.11. The van der Waals surface area contributed by atoms with Gasteiger partial charge >= 0.3 is 6.09 Å². The van der Waals surface area contributed by atoms with Crippen LogP contribution in [0.15, 0.2) is 30.3 Å². The molecule has 2 atom stereocenters. The van der Waals surface area contributed by atoms with E-state index in [0.717, 1.165) is 24.8 Å². The molecule has 3 aliphatic rings. The maximum Gasteiger partial charge on any atom is 0.407 e. The standard InChI is InChI=1S/C19H22N2O3/c22-18(15-7-5-14(6-8-15)13-3-1-2-4-13)21-10-9-17-16(11-21)12-24-19(23)20-17/h3,5-8,16-17H,1-2,4,9-12H2,(H,20,23)/t16-,17+/m1/s1. The second-order valence-electron chi connectivity index (χ2n) is 6.85. The maximum atomic E-state index is 12.8. The third-order valence-corrected chi connectivity index (χ3v) is 5.30. The normalized spacial score (nSPS) is 26.2. The Balaban J connectivity index is 1.43. The Bertz CT molecular complexity index is 680. The van der Waals surface area contributed by atoms with Crippen LogP contribution in [-0.4, -0.2) is 42.6 Å². The number of rotatable bonds is 2. The average molecular weight is 326 g/mol. The Kier molecular flexibility index (Phi) is 4.00. The molecule has 2 saturated heterocycles. The summed E-state index contributed by atoms with van der Waals surface area (Å²) in [6.45, 7) is 1.71. The molecule has 2 fully saturated rings. The van der Waals surface area contributed by atoms with Gasteiger partial charge in [0.15, 0.2) is 0 Å². The highest BCUT2D eigenvalue weighted by atomic mass is 16.6. The Labute approximate surface area is 141 Å². The van der Waals surface area contributed by atoms with Crippen molar-refractivity contribution in [2.24, 2.45) is 5.92 Å². The lowest BCUT2D eigenvalue weighted by Crippen LogP contribution is -2.57. The summed E-state index contributed by atoms with van der Waals surface area (Å²) in [5.41, 5.74) is 3.35. The van der Waals surface area contributed by atoms with Gasteiger partial charge in [-0.05, 0) is 49.0 Å². The minimum atomic E-state index is -0.340. The third kappa shape index (κ3) is 2.90. The number of likely N-dealkylation sites (tertiary alicyclic amines) is 1. The van der Waals surface area contributed by atoms with Crippen molar-refractivity contribution in [3.05, 3.63) is 41.5 Å². The van der Waals surface area contributed by atoms with Crippen molar-refractivity contribution in [1.29, 1.82) is 0 Å². The quantitative estimate of drug-likeness (QED) is 0.909. The molecule has 0 unspecified atom stereocenters. The zero-order valence-corrected chi connectivity index (χ0v) is 13.7. The minimum absolute atomic E-state index is 0.0669. The summed E-state index contributed by atoms with van der Waals surface area (Å²) in [4.78, 5) is 25.9. The van der Waals surface area contributed by atoms with Gasteiger partial charge in [0.1, 0.15) is 0 Å². The molecule has 5 heteroatoms. The number of amides is 2. The van der Waals surface area contributed by atoms with E-state index in [1.54, 1.807) is 0 Å². The van der Waals surface area contributed by atoms with Gasteiger partial charge in [0, 0.05) is 30.6 Å². The largest absolute Gasteiger partial charge is 0.449 e. The van der Waals surface area contributed by atoms with Gasteiger partial charge in [-0.3, -0.25) is 4.79 Å². The molecule has 24 heavy (non-hydrogen) atoms. The predicted octanol–water partition coefficient (Wildman–Crippen LogP) is 2.82. The first-order chi connectivity index (χ1) is 11.7. The molecule has 1 aromatic rings. The van der Waals surface area contributed by atoms with Crippen LogP contribution in [0.1, 0.15) is 41.6 Å². The fourth-order valence-corrected chi connectivity index (χ4v) is 3.89. The molecule has 0 spiro atoms. The number of fused-ring (bicyclic) bond motifs is 1. The van der Waals surface area contributed by atoms with E-state index >= 15 is 0 Å². The highest BCUT2D eigenvalue weighted by Gasteiger charge is 2.36. The smallest absolute Gasteiger partial charge is 0.407 e. The molecule has 0 bridgehead atoms. The zero-order valence-electron chi connectivity index (χ0n) is 13.7. The molecule has 2 heterocycles. The van der Waals surface area contributed by atoms with Crippen LogP contribution in [-0.2, 0) is 4.74 Å². The van der Waals surface area contributed by atoms with E-state index in [9.17, 15) is 9.59 Å². The van der Waals surface area contributed by atoms with Gasteiger partial charge in [0.2, 0.25) is 0 Å². The summed E-state index contributed by atoms with van der Waals surface area (Å²) < 4.78 is 5.06. The van der Waals surface area contributed by atoms with Gasteiger partial charge in [0.05, 0.1) is 6.61 Å². The fraction of sp³-hybridized carbons (Fsp3) is 0.474. The monoisotopic (exact) mass is 326 g/mol.